The van der Waals surface area contributed by atoms with Gasteiger partial charge in [-0.15, -0.1) is 0 Å². The largest absolute Gasteiger partial charge is 0.401 e. The molecule has 5 N–H and O–H groups in total. The van der Waals surface area contributed by atoms with E-state index in [1.807, 2.05) is 30.3 Å². The molecule has 6 heteroatoms. The molecule has 6 nitrogen and oxygen atoms in total. The van der Waals surface area contributed by atoms with Crippen LogP contribution in [0.15, 0.2) is 42.2 Å². The molecule has 0 bridgehead atoms. The van der Waals surface area contributed by atoms with E-state index in [2.05, 4.69) is 5.32 Å². The number of hydrogen-bond acceptors (Lipinski definition) is 5. The highest BCUT2D eigenvalue weighted by Gasteiger charge is 2.08. The molecule has 1 unspecified atom stereocenters. The first-order valence-electron chi connectivity index (χ1n) is 6.35. The normalized spacial score (nSPS) is 12.8. The van der Waals surface area contributed by atoms with Crippen LogP contribution in [0, 0.1) is 0 Å². The van der Waals surface area contributed by atoms with Crippen molar-refractivity contribution in [2.75, 3.05) is 13.7 Å². The number of methoxy groups -OCH3 is 1. The minimum atomic E-state index is -0.154. The molecule has 0 radical (unpaired) electrons. The monoisotopic (exact) mass is 278 g/mol. The van der Waals surface area contributed by atoms with Crippen molar-refractivity contribution in [1.29, 1.82) is 0 Å². The second-order valence-electron chi connectivity index (χ2n) is 4.50. The summed E-state index contributed by atoms with van der Waals surface area (Å²) in [6, 6.07) is 9.70. The summed E-state index contributed by atoms with van der Waals surface area (Å²) in [6.45, 7) is 0.966. The Morgan fingerprint density at radius 3 is 2.75 bits per heavy atom. The molecule has 0 aliphatic carbocycles. The Balaban J connectivity index is 2.51. The van der Waals surface area contributed by atoms with Gasteiger partial charge in [-0.1, -0.05) is 30.3 Å². The molecular formula is C14H22N4O2. The van der Waals surface area contributed by atoms with Gasteiger partial charge in [0.2, 0.25) is 6.41 Å². The molecular weight excluding hydrogens is 256 g/mol. The van der Waals surface area contributed by atoms with E-state index in [1.54, 1.807) is 13.3 Å². The van der Waals surface area contributed by atoms with Crippen molar-refractivity contribution in [3.05, 3.63) is 47.8 Å². The smallest absolute Gasteiger partial charge is 0.207 e. The van der Waals surface area contributed by atoms with E-state index >= 15 is 0 Å². The zero-order valence-corrected chi connectivity index (χ0v) is 11.7. The highest BCUT2D eigenvalue weighted by Crippen LogP contribution is 2.05. The summed E-state index contributed by atoms with van der Waals surface area (Å²) in [5, 5.41) is 4.17. The van der Waals surface area contributed by atoms with Crippen LogP contribution in [0.4, 0.5) is 0 Å². The third-order valence-corrected chi connectivity index (χ3v) is 2.69. The van der Waals surface area contributed by atoms with Crippen molar-refractivity contribution in [1.82, 2.24) is 10.3 Å². The van der Waals surface area contributed by atoms with Gasteiger partial charge in [-0.2, -0.15) is 0 Å². The number of amides is 1. The second-order valence-corrected chi connectivity index (χ2v) is 4.50. The minimum Gasteiger partial charge on any atom is -0.401 e. The molecule has 1 atom stereocenters. The molecule has 1 aromatic rings. The van der Waals surface area contributed by atoms with Crippen molar-refractivity contribution >= 4 is 6.41 Å². The van der Waals surface area contributed by atoms with Crippen LogP contribution < -0.4 is 16.9 Å². The fraction of sp³-hybridized carbons (Fsp3) is 0.357. The predicted octanol–water partition coefficient (Wildman–Crippen LogP) is 0.314. The Morgan fingerprint density at radius 1 is 1.45 bits per heavy atom. The number of hydrogen-bond donors (Lipinski definition) is 3. The Morgan fingerprint density at radius 2 is 2.15 bits per heavy atom. The van der Waals surface area contributed by atoms with Gasteiger partial charge in [-0.05, 0) is 5.56 Å². The van der Waals surface area contributed by atoms with E-state index in [1.165, 1.54) is 5.01 Å². The molecule has 1 amide bonds. The molecule has 0 spiro atoms. The summed E-state index contributed by atoms with van der Waals surface area (Å²) in [4.78, 5) is 10.5. The van der Waals surface area contributed by atoms with Crippen molar-refractivity contribution in [3.63, 3.8) is 0 Å². The predicted molar refractivity (Wildman–Crippen MR) is 77.9 cm³/mol. The first-order chi connectivity index (χ1) is 9.65. The molecule has 0 heterocycles. The van der Waals surface area contributed by atoms with E-state index in [4.69, 9.17) is 16.3 Å². The van der Waals surface area contributed by atoms with Crippen molar-refractivity contribution in [3.8, 4) is 0 Å². The van der Waals surface area contributed by atoms with Crippen LogP contribution in [0.3, 0.4) is 0 Å². The average Bonchev–Trinajstić information content (AvgIpc) is 2.40. The quantitative estimate of drug-likeness (QED) is 0.343. The van der Waals surface area contributed by atoms with Crippen LogP contribution in [0.5, 0.6) is 0 Å². The van der Waals surface area contributed by atoms with Gasteiger partial charge < -0.3 is 20.8 Å². The minimum absolute atomic E-state index is 0.154. The Hall–Kier alpha value is -2.05. The number of rotatable bonds is 9. The van der Waals surface area contributed by atoms with E-state index < -0.39 is 0 Å². The van der Waals surface area contributed by atoms with E-state index in [-0.39, 0.29) is 6.04 Å². The Labute approximate surface area is 119 Å². The third kappa shape index (κ3) is 6.21. The van der Waals surface area contributed by atoms with Gasteiger partial charge in [0.25, 0.3) is 0 Å². The molecule has 0 saturated heterocycles. The number of nitrogens with one attached hydrogen (secondary N) is 1. The van der Waals surface area contributed by atoms with Crippen LogP contribution in [-0.4, -0.2) is 31.2 Å². The molecule has 0 saturated carbocycles. The molecule has 1 aromatic carbocycles. The van der Waals surface area contributed by atoms with Crippen molar-refractivity contribution in [2.24, 2.45) is 11.6 Å². The SMILES string of the molecule is COCC(C/C(N)=C/N(N)Cc1ccccc1)NC=O. The molecule has 0 fully saturated rings. The molecule has 0 aliphatic heterocycles. The van der Waals surface area contributed by atoms with Crippen molar-refractivity contribution < 1.29 is 9.53 Å². The molecule has 20 heavy (non-hydrogen) atoms. The molecule has 1 rings (SSSR count). The number of carbonyl (C=O) groups excluding carboxylic acids is 1. The maximum Gasteiger partial charge on any atom is 0.207 e. The molecule has 0 aromatic heterocycles. The number of nitrogens with two attached hydrogens (primary N) is 2. The first-order valence-corrected chi connectivity index (χ1v) is 6.35. The highest BCUT2D eigenvalue weighted by molar-refractivity contribution is 5.46. The van der Waals surface area contributed by atoms with E-state index in [9.17, 15) is 4.79 Å². The van der Waals surface area contributed by atoms with Gasteiger partial charge in [-0.3, -0.25) is 4.79 Å². The Bertz CT molecular complexity index is 422. The standard InChI is InChI=1S/C14H22N4O2/c1-20-10-14(17-11-19)7-13(15)9-18(16)8-12-5-3-2-4-6-12/h2-6,9,11,14H,7-8,10,15-16H2,1H3,(H,17,19)/b13-9-. The topological polar surface area (TPSA) is 93.6 Å². The van der Waals surface area contributed by atoms with E-state index in [0.29, 0.717) is 31.7 Å². The van der Waals surface area contributed by atoms with Crippen LogP contribution in [-0.2, 0) is 16.1 Å². The lowest BCUT2D eigenvalue weighted by atomic mass is 10.2. The van der Waals surface area contributed by atoms with Crippen LogP contribution in [0.2, 0.25) is 0 Å². The third-order valence-electron chi connectivity index (χ3n) is 2.69. The summed E-state index contributed by atoms with van der Waals surface area (Å²) in [5.74, 6) is 5.89. The molecule has 110 valence electrons. The molecule has 0 aliphatic rings. The van der Waals surface area contributed by atoms with Gasteiger partial charge >= 0.3 is 0 Å². The Kier molecular flexibility index (Phi) is 7.16. The first kappa shape index (κ1) is 16.0. The number of ether oxygens (including phenoxy) is 1. The summed E-state index contributed by atoms with van der Waals surface area (Å²) in [5.41, 5.74) is 7.60. The number of benzene rings is 1. The van der Waals surface area contributed by atoms with E-state index in [0.717, 1.165) is 5.56 Å². The summed E-state index contributed by atoms with van der Waals surface area (Å²) >= 11 is 0. The number of carbonyl (C=O) groups is 1. The van der Waals surface area contributed by atoms with Crippen LogP contribution in [0.25, 0.3) is 0 Å². The van der Waals surface area contributed by atoms with Gasteiger partial charge in [0.15, 0.2) is 0 Å². The maximum atomic E-state index is 10.5. The van der Waals surface area contributed by atoms with Gasteiger partial charge in [-0.25, -0.2) is 5.84 Å². The lowest BCUT2D eigenvalue weighted by molar-refractivity contribution is -0.110. The zero-order valence-electron chi connectivity index (χ0n) is 11.7. The van der Waals surface area contributed by atoms with Crippen molar-refractivity contribution in [2.45, 2.75) is 19.0 Å². The summed E-state index contributed by atoms with van der Waals surface area (Å²) in [6.07, 6.45) is 2.79. The summed E-state index contributed by atoms with van der Waals surface area (Å²) < 4.78 is 5.01. The fourth-order valence-electron chi connectivity index (χ4n) is 1.85. The lowest BCUT2D eigenvalue weighted by Crippen LogP contribution is -2.34. The summed E-state index contributed by atoms with van der Waals surface area (Å²) in [7, 11) is 1.57. The zero-order chi connectivity index (χ0) is 14.8. The second kappa shape index (κ2) is 8.95. The fourth-order valence-corrected chi connectivity index (χ4v) is 1.85. The number of nitrogens with zero attached hydrogens (tertiary/aromatic N) is 1. The van der Waals surface area contributed by atoms with Gasteiger partial charge in [0, 0.05) is 25.4 Å². The lowest BCUT2D eigenvalue weighted by Gasteiger charge is -2.18. The van der Waals surface area contributed by atoms with Gasteiger partial charge in [0.05, 0.1) is 19.2 Å². The number of hydrazine groups is 1. The highest BCUT2D eigenvalue weighted by atomic mass is 16.5. The van der Waals surface area contributed by atoms with Gasteiger partial charge in [0.1, 0.15) is 0 Å². The average molecular weight is 278 g/mol. The van der Waals surface area contributed by atoms with Crippen LogP contribution >= 0.6 is 0 Å². The maximum absolute atomic E-state index is 10.5. The van der Waals surface area contributed by atoms with Crippen LogP contribution in [0.1, 0.15) is 12.0 Å².